The van der Waals surface area contributed by atoms with E-state index in [1.807, 2.05) is 30.3 Å². The van der Waals surface area contributed by atoms with Gasteiger partial charge in [-0.1, -0.05) is 43.9 Å². The van der Waals surface area contributed by atoms with Gasteiger partial charge in [-0.15, -0.1) is 0 Å². The van der Waals surface area contributed by atoms with Crippen LogP contribution in [0.15, 0.2) is 42.5 Å². The standard InChI is InChI=1S/C28H40N2O5/c1-33-26-16-15-24(20-27(26)34-2)12-9-11-23-13-10-14-25(19-23)35-21-28(32)30-18-8-6-4-3-5-7-17-29-22-31/h10,13-16,19-20,22H,3-9,11-12,17-18,21H2,1-2H3,(H,29,31)(H,30,32). The minimum atomic E-state index is -0.0937. The van der Waals surface area contributed by atoms with E-state index in [9.17, 15) is 9.59 Å². The lowest BCUT2D eigenvalue weighted by molar-refractivity contribution is -0.123. The summed E-state index contributed by atoms with van der Waals surface area (Å²) in [5.41, 5.74) is 2.39. The SMILES string of the molecule is COc1ccc(CCCc2cccc(OCC(=O)NCCCCCCCCNC=O)c2)cc1OC. The number of hydrogen-bond donors (Lipinski definition) is 2. The number of ether oxygens (including phenoxy) is 3. The van der Waals surface area contributed by atoms with Crippen LogP contribution in [0.1, 0.15) is 56.1 Å². The van der Waals surface area contributed by atoms with Crippen LogP contribution in [-0.4, -0.2) is 46.2 Å². The molecular weight excluding hydrogens is 444 g/mol. The molecule has 0 atom stereocenters. The summed E-state index contributed by atoms with van der Waals surface area (Å²) >= 11 is 0. The molecule has 2 aromatic carbocycles. The summed E-state index contributed by atoms with van der Waals surface area (Å²) < 4.78 is 16.4. The van der Waals surface area contributed by atoms with Crippen molar-refractivity contribution in [3.05, 3.63) is 53.6 Å². The third-order valence-corrected chi connectivity index (χ3v) is 5.80. The summed E-state index contributed by atoms with van der Waals surface area (Å²) in [6, 6.07) is 14.0. The zero-order chi connectivity index (χ0) is 25.1. The number of amides is 2. The van der Waals surface area contributed by atoms with Crippen molar-refractivity contribution < 1.29 is 23.8 Å². The van der Waals surface area contributed by atoms with Gasteiger partial charge < -0.3 is 24.8 Å². The highest BCUT2D eigenvalue weighted by Gasteiger charge is 2.06. The molecule has 2 aromatic rings. The summed E-state index contributed by atoms with van der Waals surface area (Å²) in [7, 11) is 3.29. The Kier molecular flexibility index (Phi) is 13.8. The van der Waals surface area contributed by atoms with Gasteiger partial charge >= 0.3 is 0 Å². The topological polar surface area (TPSA) is 85.9 Å². The van der Waals surface area contributed by atoms with Gasteiger partial charge in [-0.3, -0.25) is 9.59 Å². The van der Waals surface area contributed by atoms with Gasteiger partial charge in [-0.25, -0.2) is 0 Å². The van der Waals surface area contributed by atoms with Crippen molar-refractivity contribution in [2.75, 3.05) is 33.9 Å². The zero-order valence-electron chi connectivity index (χ0n) is 21.1. The van der Waals surface area contributed by atoms with Crippen molar-refractivity contribution in [2.45, 2.75) is 57.8 Å². The van der Waals surface area contributed by atoms with Gasteiger partial charge in [-0.05, 0) is 67.5 Å². The highest BCUT2D eigenvalue weighted by molar-refractivity contribution is 5.77. The molecular formula is C28H40N2O5. The molecule has 7 nitrogen and oxygen atoms in total. The van der Waals surface area contributed by atoms with Crippen molar-refractivity contribution in [3.63, 3.8) is 0 Å². The van der Waals surface area contributed by atoms with Gasteiger partial charge in [0.1, 0.15) is 5.75 Å². The van der Waals surface area contributed by atoms with Crippen LogP contribution in [0.5, 0.6) is 17.2 Å². The lowest BCUT2D eigenvalue weighted by Crippen LogP contribution is -2.29. The molecule has 2 amide bonds. The van der Waals surface area contributed by atoms with Gasteiger partial charge in [0.25, 0.3) is 5.91 Å². The highest BCUT2D eigenvalue weighted by atomic mass is 16.5. The predicted molar refractivity (Wildman–Crippen MR) is 138 cm³/mol. The van der Waals surface area contributed by atoms with Gasteiger partial charge in [0, 0.05) is 13.1 Å². The van der Waals surface area contributed by atoms with E-state index < -0.39 is 0 Å². The van der Waals surface area contributed by atoms with Crippen LogP contribution in [0.2, 0.25) is 0 Å². The quantitative estimate of drug-likeness (QED) is 0.227. The van der Waals surface area contributed by atoms with Gasteiger partial charge in [0.15, 0.2) is 18.1 Å². The molecule has 0 saturated carbocycles. The molecule has 0 heterocycles. The van der Waals surface area contributed by atoms with Crippen molar-refractivity contribution in [3.8, 4) is 17.2 Å². The first-order valence-electron chi connectivity index (χ1n) is 12.5. The Balaban J connectivity index is 1.60. The first-order chi connectivity index (χ1) is 17.2. The second-order valence-electron chi connectivity index (χ2n) is 8.52. The Bertz CT molecular complexity index is 887. The van der Waals surface area contributed by atoms with Crippen molar-refractivity contribution in [1.29, 1.82) is 0 Å². The molecule has 0 aliphatic carbocycles. The number of carbonyl (C=O) groups is 2. The van der Waals surface area contributed by atoms with Crippen molar-refractivity contribution in [1.82, 2.24) is 10.6 Å². The predicted octanol–water partition coefficient (Wildman–Crippen LogP) is 4.46. The summed E-state index contributed by atoms with van der Waals surface area (Å²) in [5, 5.41) is 5.60. The monoisotopic (exact) mass is 484 g/mol. The molecule has 0 aliphatic heterocycles. The number of hydrogen-bond acceptors (Lipinski definition) is 5. The second kappa shape index (κ2) is 17.2. The summed E-state index contributed by atoms with van der Waals surface area (Å²) in [4.78, 5) is 22.2. The Hall–Kier alpha value is -3.22. The number of carbonyl (C=O) groups excluding carboxylic acids is 2. The van der Waals surface area contributed by atoms with E-state index in [1.165, 1.54) is 11.1 Å². The molecule has 2 N–H and O–H groups in total. The van der Waals surface area contributed by atoms with Crippen LogP contribution in [-0.2, 0) is 22.4 Å². The Morgan fingerprint density at radius 3 is 2.20 bits per heavy atom. The molecule has 0 aromatic heterocycles. The maximum atomic E-state index is 12.1. The largest absolute Gasteiger partial charge is 0.493 e. The maximum absolute atomic E-state index is 12.1. The average Bonchev–Trinajstić information content (AvgIpc) is 2.88. The molecule has 0 fully saturated rings. The molecule has 0 radical (unpaired) electrons. The maximum Gasteiger partial charge on any atom is 0.257 e. The molecule has 0 saturated heterocycles. The first-order valence-corrected chi connectivity index (χ1v) is 12.5. The molecule has 0 spiro atoms. The molecule has 35 heavy (non-hydrogen) atoms. The van der Waals surface area contributed by atoms with Gasteiger partial charge in [-0.2, -0.15) is 0 Å². The minimum Gasteiger partial charge on any atom is -0.493 e. The number of nitrogens with one attached hydrogen (secondary N) is 2. The molecule has 192 valence electrons. The Morgan fingerprint density at radius 2 is 1.49 bits per heavy atom. The fourth-order valence-corrected chi connectivity index (χ4v) is 3.87. The van der Waals surface area contributed by atoms with Crippen LogP contribution in [0.3, 0.4) is 0 Å². The third-order valence-electron chi connectivity index (χ3n) is 5.80. The van der Waals surface area contributed by atoms with Crippen LogP contribution < -0.4 is 24.8 Å². The zero-order valence-corrected chi connectivity index (χ0v) is 21.1. The molecule has 2 rings (SSSR count). The van der Waals surface area contributed by atoms with Gasteiger partial charge in [0.05, 0.1) is 14.2 Å². The van der Waals surface area contributed by atoms with E-state index >= 15 is 0 Å². The van der Waals surface area contributed by atoms with E-state index in [4.69, 9.17) is 14.2 Å². The van der Waals surface area contributed by atoms with E-state index in [-0.39, 0.29) is 12.5 Å². The fraction of sp³-hybridized carbons (Fsp3) is 0.500. The Morgan fingerprint density at radius 1 is 0.800 bits per heavy atom. The molecule has 0 aliphatic rings. The lowest BCUT2D eigenvalue weighted by Gasteiger charge is -2.10. The van der Waals surface area contributed by atoms with Crippen molar-refractivity contribution >= 4 is 12.3 Å². The van der Waals surface area contributed by atoms with Gasteiger partial charge in [0.2, 0.25) is 6.41 Å². The van der Waals surface area contributed by atoms with Crippen LogP contribution >= 0.6 is 0 Å². The number of methoxy groups -OCH3 is 2. The second-order valence-corrected chi connectivity index (χ2v) is 8.52. The average molecular weight is 485 g/mol. The van der Waals surface area contributed by atoms with Crippen LogP contribution in [0, 0.1) is 0 Å². The van der Waals surface area contributed by atoms with E-state index in [0.29, 0.717) is 12.3 Å². The van der Waals surface area contributed by atoms with Crippen LogP contribution in [0.25, 0.3) is 0 Å². The van der Waals surface area contributed by atoms with Crippen LogP contribution in [0.4, 0.5) is 0 Å². The third kappa shape index (κ3) is 11.7. The molecule has 0 bridgehead atoms. The number of unbranched alkanes of at least 4 members (excludes halogenated alkanes) is 5. The summed E-state index contributed by atoms with van der Waals surface area (Å²) in [6.07, 6.45) is 10.1. The normalized spacial score (nSPS) is 10.5. The highest BCUT2D eigenvalue weighted by Crippen LogP contribution is 2.28. The van der Waals surface area contributed by atoms with E-state index in [2.05, 4.69) is 22.8 Å². The lowest BCUT2D eigenvalue weighted by atomic mass is 10.0. The van der Waals surface area contributed by atoms with Crippen molar-refractivity contribution in [2.24, 2.45) is 0 Å². The minimum absolute atomic E-state index is 0.0266. The smallest absolute Gasteiger partial charge is 0.257 e. The fourth-order valence-electron chi connectivity index (χ4n) is 3.87. The molecule has 7 heteroatoms. The van der Waals surface area contributed by atoms with E-state index in [1.54, 1.807) is 14.2 Å². The number of aryl methyl sites for hydroxylation is 2. The number of rotatable bonds is 19. The number of benzene rings is 2. The van der Waals surface area contributed by atoms with E-state index in [0.717, 1.165) is 82.2 Å². The first kappa shape index (κ1) is 28.0. The Labute approximate surface area is 209 Å². The summed E-state index contributed by atoms with van der Waals surface area (Å²) in [6.45, 7) is 1.45. The summed E-state index contributed by atoms with van der Waals surface area (Å²) in [5.74, 6) is 2.11. The molecule has 0 unspecified atom stereocenters.